The average Bonchev–Trinajstić information content (AvgIpc) is 3.25. The maximum absolute atomic E-state index is 13.0. The standard InChI is InChI=1S/C26H22N4O3/c1-17-23(12-18-9-10-21(32-2)14-24(18)27-17)26(31)29-19-6-5-7-22(13-19)33-16-20-15-30-11-4-3-8-25(30)28-20/h3-15H,16H2,1-2H3,(H,29,31). The molecule has 0 fully saturated rings. The number of aryl methyl sites for hydroxylation is 1. The van der Waals surface area contributed by atoms with E-state index in [4.69, 9.17) is 9.47 Å². The number of nitrogens with one attached hydrogen (secondary N) is 1. The molecule has 1 N–H and O–H groups in total. The molecule has 5 rings (SSSR count). The van der Waals surface area contributed by atoms with Crippen molar-refractivity contribution in [2.45, 2.75) is 13.5 Å². The lowest BCUT2D eigenvalue weighted by Gasteiger charge is -2.11. The Morgan fingerprint density at radius 1 is 1.00 bits per heavy atom. The van der Waals surface area contributed by atoms with Crippen LogP contribution in [0.15, 0.2) is 79.1 Å². The van der Waals surface area contributed by atoms with Gasteiger partial charge in [0.2, 0.25) is 0 Å². The van der Waals surface area contributed by atoms with Gasteiger partial charge in [-0.1, -0.05) is 12.1 Å². The molecule has 164 valence electrons. The predicted octanol–water partition coefficient (Wildman–Crippen LogP) is 5.03. The van der Waals surface area contributed by atoms with Gasteiger partial charge in [-0.15, -0.1) is 0 Å². The molecule has 3 aromatic heterocycles. The first kappa shape index (κ1) is 20.5. The van der Waals surface area contributed by atoms with Crippen LogP contribution in [0.25, 0.3) is 16.6 Å². The molecule has 0 aliphatic rings. The van der Waals surface area contributed by atoms with Gasteiger partial charge in [-0.2, -0.15) is 0 Å². The van der Waals surface area contributed by atoms with Gasteiger partial charge in [0.05, 0.1) is 29.6 Å². The molecule has 0 spiro atoms. The van der Waals surface area contributed by atoms with E-state index in [0.717, 1.165) is 28.0 Å². The number of rotatable bonds is 6. The smallest absolute Gasteiger partial charge is 0.257 e. The quantitative estimate of drug-likeness (QED) is 0.402. The third kappa shape index (κ3) is 4.34. The van der Waals surface area contributed by atoms with Crippen LogP contribution in [0.1, 0.15) is 21.7 Å². The summed E-state index contributed by atoms with van der Waals surface area (Å²) in [6.45, 7) is 2.15. The molecule has 0 radical (unpaired) electrons. The number of amides is 1. The van der Waals surface area contributed by atoms with Gasteiger partial charge in [0.15, 0.2) is 0 Å². The van der Waals surface area contributed by atoms with E-state index in [1.807, 2.05) is 84.4 Å². The Balaban J connectivity index is 1.30. The molecule has 0 aliphatic heterocycles. The minimum atomic E-state index is -0.227. The number of hydrogen-bond acceptors (Lipinski definition) is 5. The molecular formula is C26H22N4O3. The Hall–Kier alpha value is -4.39. The molecule has 0 saturated carbocycles. The summed E-state index contributed by atoms with van der Waals surface area (Å²) in [5.74, 6) is 1.15. The SMILES string of the molecule is COc1ccc2cc(C(=O)Nc3cccc(OCc4cn5ccccc5n4)c3)c(C)nc2c1. The summed E-state index contributed by atoms with van der Waals surface area (Å²) < 4.78 is 13.1. The second-order valence-electron chi connectivity index (χ2n) is 7.65. The van der Waals surface area contributed by atoms with Crippen molar-refractivity contribution in [2.24, 2.45) is 0 Å². The van der Waals surface area contributed by atoms with Crippen LogP contribution in [-0.4, -0.2) is 27.4 Å². The van der Waals surface area contributed by atoms with Gasteiger partial charge in [-0.05, 0) is 49.4 Å². The molecule has 7 nitrogen and oxygen atoms in total. The van der Waals surface area contributed by atoms with Crippen LogP contribution in [0.3, 0.4) is 0 Å². The maximum Gasteiger partial charge on any atom is 0.257 e. The lowest BCUT2D eigenvalue weighted by molar-refractivity contribution is 0.102. The molecule has 33 heavy (non-hydrogen) atoms. The monoisotopic (exact) mass is 438 g/mol. The van der Waals surface area contributed by atoms with Crippen LogP contribution in [0.5, 0.6) is 11.5 Å². The predicted molar refractivity (Wildman–Crippen MR) is 127 cm³/mol. The normalized spacial score (nSPS) is 11.0. The number of anilines is 1. The number of imidazole rings is 1. The van der Waals surface area contributed by atoms with Gasteiger partial charge in [0.1, 0.15) is 23.8 Å². The maximum atomic E-state index is 13.0. The van der Waals surface area contributed by atoms with Crippen molar-refractivity contribution in [3.63, 3.8) is 0 Å². The van der Waals surface area contributed by atoms with Crippen molar-refractivity contribution in [3.8, 4) is 11.5 Å². The molecule has 5 aromatic rings. The Morgan fingerprint density at radius 2 is 1.91 bits per heavy atom. The van der Waals surface area contributed by atoms with Crippen molar-refractivity contribution >= 4 is 28.1 Å². The van der Waals surface area contributed by atoms with Crippen LogP contribution in [0.2, 0.25) is 0 Å². The highest BCUT2D eigenvalue weighted by atomic mass is 16.5. The van der Waals surface area contributed by atoms with E-state index in [1.165, 1.54) is 0 Å². The van der Waals surface area contributed by atoms with E-state index in [-0.39, 0.29) is 5.91 Å². The fourth-order valence-electron chi connectivity index (χ4n) is 3.68. The summed E-state index contributed by atoms with van der Waals surface area (Å²) in [4.78, 5) is 22.1. The number of nitrogens with zero attached hydrogens (tertiary/aromatic N) is 3. The van der Waals surface area contributed by atoms with Gasteiger partial charge >= 0.3 is 0 Å². The van der Waals surface area contributed by atoms with Gasteiger partial charge in [-0.25, -0.2) is 4.98 Å². The van der Waals surface area contributed by atoms with Crippen LogP contribution < -0.4 is 14.8 Å². The van der Waals surface area contributed by atoms with E-state index < -0.39 is 0 Å². The summed E-state index contributed by atoms with van der Waals surface area (Å²) >= 11 is 0. The average molecular weight is 438 g/mol. The van der Waals surface area contributed by atoms with Crippen molar-refractivity contribution < 1.29 is 14.3 Å². The van der Waals surface area contributed by atoms with Crippen LogP contribution >= 0.6 is 0 Å². The van der Waals surface area contributed by atoms with Crippen molar-refractivity contribution in [1.29, 1.82) is 0 Å². The summed E-state index contributed by atoms with van der Waals surface area (Å²) in [5.41, 5.74) is 4.28. The van der Waals surface area contributed by atoms with E-state index in [0.29, 0.717) is 29.3 Å². The highest BCUT2D eigenvalue weighted by Crippen LogP contribution is 2.23. The molecule has 0 unspecified atom stereocenters. The van der Waals surface area contributed by atoms with Gasteiger partial charge in [-0.3, -0.25) is 9.78 Å². The second-order valence-corrected chi connectivity index (χ2v) is 7.65. The lowest BCUT2D eigenvalue weighted by atomic mass is 10.1. The highest BCUT2D eigenvalue weighted by molar-refractivity contribution is 6.06. The fraction of sp³-hybridized carbons (Fsp3) is 0.115. The molecule has 3 heterocycles. The topological polar surface area (TPSA) is 77.8 Å². The van der Waals surface area contributed by atoms with Gasteiger partial charge in [0, 0.05) is 35.6 Å². The molecule has 0 saturated heterocycles. The number of aromatic nitrogens is 3. The Labute approximate surface area is 190 Å². The first-order valence-electron chi connectivity index (χ1n) is 10.5. The number of ether oxygens (including phenoxy) is 2. The number of fused-ring (bicyclic) bond motifs is 2. The minimum Gasteiger partial charge on any atom is -0.497 e. The number of pyridine rings is 2. The third-order valence-corrected chi connectivity index (χ3v) is 5.35. The summed E-state index contributed by atoms with van der Waals surface area (Å²) in [6.07, 6.45) is 3.88. The summed E-state index contributed by atoms with van der Waals surface area (Å²) in [7, 11) is 1.62. The molecular weight excluding hydrogens is 416 g/mol. The van der Waals surface area contributed by atoms with E-state index >= 15 is 0 Å². The van der Waals surface area contributed by atoms with E-state index in [9.17, 15) is 4.79 Å². The first-order chi connectivity index (χ1) is 16.1. The fourth-order valence-corrected chi connectivity index (χ4v) is 3.68. The number of benzene rings is 2. The largest absolute Gasteiger partial charge is 0.497 e. The number of carbonyl (C=O) groups is 1. The Bertz CT molecular complexity index is 1440. The number of carbonyl (C=O) groups excluding carboxylic acids is 1. The molecule has 1 amide bonds. The molecule has 0 bridgehead atoms. The van der Waals surface area contributed by atoms with Crippen LogP contribution in [0, 0.1) is 6.92 Å². The molecule has 0 aliphatic carbocycles. The highest BCUT2D eigenvalue weighted by Gasteiger charge is 2.13. The molecule has 2 aromatic carbocycles. The lowest BCUT2D eigenvalue weighted by Crippen LogP contribution is -2.14. The first-order valence-corrected chi connectivity index (χ1v) is 10.5. The third-order valence-electron chi connectivity index (χ3n) is 5.35. The Kier molecular flexibility index (Phi) is 5.36. The second kappa shape index (κ2) is 8.63. The summed E-state index contributed by atoms with van der Waals surface area (Å²) in [5, 5.41) is 3.81. The van der Waals surface area contributed by atoms with Crippen LogP contribution in [-0.2, 0) is 6.61 Å². The summed E-state index contributed by atoms with van der Waals surface area (Å²) in [6, 6.07) is 20.6. The zero-order valence-electron chi connectivity index (χ0n) is 18.3. The van der Waals surface area contributed by atoms with Crippen molar-refractivity contribution in [2.75, 3.05) is 12.4 Å². The minimum absolute atomic E-state index is 0.227. The van der Waals surface area contributed by atoms with E-state index in [2.05, 4.69) is 15.3 Å². The molecule has 0 atom stereocenters. The van der Waals surface area contributed by atoms with Crippen molar-refractivity contribution in [3.05, 3.63) is 96.1 Å². The van der Waals surface area contributed by atoms with Gasteiger partial charge < -0.3 is 19.2 Å². The van der Waals surface area contributed by atoms with E-state index in [1.54, 1.807) is 13.2 Å². The van der Waals surface area contributed by atoms with Crippen molar-refractivity contribution in [1.82, 2.24) is 14.4 Å². The zero-order valence-corrected chi connectivity index (χ0v) is 18.3. The number of methoxy groups -OCH3 is 1. The zero-order chi connectivity index (χ0) is 22.8. The Morgan fingerprint density at radius 3 is 2.76 bits per heavy atom. The van der Waals surface area contributed by atoms with Crippen LogP contribution in [0.4, 0.5) is 5.69 Å². The molecule has 7 heteroatoms. The number of hydrogen-bond donors (Lipinski definition) is 1. The van der Waals surface area contributed by atoms with Gasteiger partial charge in [0.25, 0.3) is 5.91 Å².